The summed E-state index contributed by atoms with van der Waals surface area (Å²) in [6.07, 6.45) is -0.685. The Balaban J connectivity index is 1.75. The van der Waals surface area contributed by atoms with Gasteiger partial charge in [-0.2, -0.15) is 0 Å². The van der Waals surface area contributed by atoms with Gasteiger partial charge in [0.25, 0.3) is 5.89 Å². The molecule has 0 saturated heterocycles. The van der Waals surface area contributed by atoms with Crippen LogP contribution in [0.1, 0.15) is 29.3 Å². The fraction of sp³-hybridized carbons (Fsp3) is 0.167. The van der Waals surface area contributed by atoms with Crippen molar-refractivity contribution in [1.29, 1.82) is 0 Å². The lowest BCUT2D eigenvalue weighted by molar-refractivity contribution is 0.0278. The maximum atomic E-state index is 12.4. The molecule has 1 atom stereocenters. The van der Waals surface area contributed by atoms with Crippen LogP contribution in [-0.2, 0) is 4.74 Å². The SMILES string of the molecule is COc1ccc(Br)c(C(=O)OC(C)c2nnc(-c3ccccc3)o2)c1. The highest BCUT2D eigenvalue weighted by molar-refractivity contribution is 9.10. The Morgan fingerprint density at radius 3 is 2.64 bits per heavy atom. The zero-order valence-corrected chi connectivity index (χ0v) is 15.2. The summed E-state index contributed by atoms with van der Waals surface area (Å²) in [4.78, 5) is 12.4. The lowest BCUT2D eigenvalue weighted by Gasteiger charge is -2.11. The minimum absolute atomic E-state index is 0.228. The van der Waals surface area contributed by atoms with E-state index in [1.807, 2.05) is 30.3 Å². The number of aromatic nitrogens is 2. The molecule has 0 fully saturated rings. The lowest BCUT2D eigenvalue weighted by Crippen LogP contribution is -2.10. The number of nitrogens with zero attached hydrogens (tertiary/aromatic N) is 2. The van der Waals surface area contributed by atoms with Crippen LogP contribution < -0.4 is 4.74 Å². The monoisotopic (exact) mass is 402 g/mol. The van der Waals surface area contributed by atoms with E-state index in [4.69, 9.17) is 13.9 Å². The summed E-state index contributed by atoms with van der Waals surface area (Å²) in [7, 11) is 1.53. The van der Waals surface area contributed by atoms with Gasteiger partial charge in [-0.25, -0.2) is 4.79 Å². The molecule has 0 bridgehead atoms. The van der Waals surface area contributed by atoms with E-state index in [-0.39, 0.29) is 5.89 Å². The normalized spacial score (nSPS) is 11.8. The number of hydrogen-bond acceptors (Lipinski definition) is 6. The van der Waals surface area contributed by atoms with Crippen molar-refractivity contribution in [3.8, 4) is 17.2 Å². The maximum absolute atomic E-state index is 12.4. The largest absolute Gasteiger partial charge is 0.497 e. The molecule has 6 nitrogen and oxygen atoms in total. The first-order valence-corrected chi connectivity index (χ1v) is 8.31. The van der Waals surface area contributed by atoms with Gasteiger partial charge >= 0.3 is 5.97 Å². The summed E-state index contributed by atoms with van der Waals surface area (Å²) in [6, 6.07) is 14.4. The van der Waals surface area contributed by atoms with Crippen molar-refractivity contribution in [3.05, 3.63) is 64.5 Å². The van der Waals surface area contributed by atoms with Crippen LogP contribution >= 0.6 is 15.9 Å². The van der Waals surface area contributed by atoms with Crippen molar-refractivity contribution in [2.24, 2.45) is 0 Å². The number of rotatable bonds is 5. The van der Waals surface area contributed by atoms with Crippen LogP contribution in [0.2, 0.25) is 0 Å². The summed E-state index contributed by atoms with van der Waals surface area (Å²) in [5.41, 5.74) is 1.16. The fourth-order valence-electron chi connectivity index (χ4n) is 2.16. The van der Waals surface area contributed by atoms with Gasteiger partial charge in [-0.3, -0.25) is 0 Å². The van der Waals surface area contributed by atoms with Gasteiger partial charge in [-0.15, -0.1) is 10.2 Å². The molecule has 3 aromatic rings. The van der Waals surface area contributed by atoms with Crippen LogP contribution in [0.25, 0.3) is 11.5 Å². The molecule has 0 aliphatic rings. The minimum Gasteiger partial charge on any atom is -0.497 e. The van der Waals surface area contributed by atoms with E-state index in [1.54, 1.807) is 25.1 Å². The van der Waals surface area contributed by atoms with E-state index in [0.717, 1.165) is 5.56 Å². The van der Waals surface area contributed by atoms with Crippen LogP contribution in [0.3, 0.4) is 0 Å². The Bertz CT molecular complexity index is 880. The molecule has 3 rings (SSSR count). The Kier molecular flexibility index (Phi) is 5.14. The molecule has 128 valence electrons. The predicted molar refractivity (Wildman–Crippen MR) is 94.3 cm³/mol. The molecular formula is C18H15BrN2O4. The second-order valence-corrected chi connectivity index (χ2v) is 6.06. The van der Waals surface area contributed by atoms with Crippen LogP contribution in [0.4, 0.5) is 0 Å². The third-order valence-corrected chi connectivity index (χ3v) is 4.18. The molecule has 1 heterocycles. The molecule has 0 amide bonds. The van der Waals surface area contributed by atoms with Gasteiger partial charge in [-0.05, 0) is 53.2 Å². The van der Waals surface area contributed by atoms with Crippen molar-refractivity contribution in [1.82, 2.24) is 10.2 Å². The molecule has 0 aliphatic heterocycles. The summed E-state index contributed by atoms with van der Waals surface area (Å²) in [5, 5.41) is 7.96. The molecule has 7 heteroatoms. The first-order valence-electron chi connectivity index (χ1n) is 7.52. The standard InChI is InChI=1S/C18H15BrN2O4/c1-11(16-20-21-17(25-16)12-6-4-3-5-7-12)24-18(22)14-10-13(23-2)8-9-15(14)19/h3-11H,1-2H3. The summed E-state index contributed by atoms with van der Waals surface area (Å²) >= 11 is 3.33. The second-order valence-electron chi connectivity index (χ2n) is 5.20. The third-order valence-electron chi connectivity index (χ3n) is 3.49. The van der Waals surface area contributed by atoms with E-state index < -0.39 is 12.1 Å². The summed E-state index contributed by atoms with van der Waals surface area (Å²) in [6.45, 7) is 1.67. The topological polar surface area (TPSA) is 74.5 Å². The number of hydrogen-bond donors (Lipinski definition) is 0. The lowest BCUT2D eigenvalue weighted by atomic mass is 10.2. The molecule has 0 spiro atoms. The number of carbonyl (C=O) groups excluding carboxylic acids is 1. The van der Waals surface area contributed by atoms with Crippen molar-refractivity contribution in [3.63, 3.8) is 0 Å². The zero-order valence-electron chi connectivity index (χ0n) is 13.6. The first-order chi connectivity index (χ1) is 12.1. The second kappa shape index (κ2) is 7.48. The predicted octanol–water partition coefficient (Wildman–Crippen LogP) is 4.43. The van der Waals surface area contributed by atoms with Gasteiger partial charge in [0.2, 0.25) is 5.89 Å². The molecule has 0 saturated carbocycles. The van der Waals surface area contributed by atoms with Gasteiger partial charge in [0.1, 0.15) is 5.75 Å². The van der Waals surface area contributed by atoms with E-state index in [0.29, 0.717) is 21.7 Å². The Labute approximate surface area is 152 Å². The van der Waals surface area contributed by atoms with Crippen molar-refractivity contribution < 1.29 is 18.7 Å². The van der Waals surface area contributed by atoms with Crippen molar-refractivity contribution in [2.45, 2.75) is 13.0 Å². The maximum Gasteiger partial charge on any atom is 0.340 e. The molecule has 0 radical (unpaired) electrons. The molecule has 25 heavy (non-hydrogen) atoms. The van der Waals surface area contributed by atoms with Gasteiger partial charge in [-0.1, -0.05) is 18.2 Å². The van der Waals surface area contributed by atoms with E-state index in [2.05, 4.69) is 26.1 Å². The Hall–Kier alpha value is -2.67. The number of benzene rings is 2. The molecule has 2 aromatic carbocycles. The number of carbonyl (C=O) groups is 1. The van der Waals surface area contributed by atoms with Gasteiger partial charge in [0.05, 0.1) is 12.7 Å². The minimum atomic E-state index is -0.685. The number of halogens is 1. The quantitative estimate of drug-likeness (QED) is 0.587. The molecule has 0 N–H and O–H groups in total. The van der Waals surface area contributed by atoms with E-state index >= 15 is 0 Å². The fourth-order valence-corrected chi connectivity index (χ4v) is 2.57. The van der Waals surface area contributed by atoms with Crippen LogP contribution in [0, 0.1) is 0 Å². The van der Waals surface area contributed by atoms with Crippen molar-refractivity contribution >= 4 is 21.9 Å². The third kappa shape index (κ3) is 3.88. The van der Waals surface area contributed by atoms with E-state index in [1.165, 1.54) is 7.11 Å². The van der Waals surface area contributed by atoms with Crippen LogP contribution in [-0.4, -0.2) is 23.3 Å². The summed E-state index contributed by atoms with van der Waals surface area (Å²) in [5.74, 6) is 0.650. The van der Waals surface area contributed by atoms with Crippen LogP contribution in [0.15, 0.2) is 57.4 Å². The smallest absolute Gasteiger partial charge is 0.340 e. The average molecular weight is 403 g/mol. The number of methoxy groups -OCH3 is 1. The Morgan fingerprint density at radius 2 is 1.92 bits per heavy atom. The molecule has 0 aliphatic carbocycles. The van der Waals surface area contributed by atoms with Gasteiger partial charge in [0, 0.05) is 10.0 Å². The molecule has 1 unspecified atom stereocenters. The van der Waals surface area contributed by atoms with Crippen molar-refractivity contribution in [2.75, 3.05) is 7.11 Å². The highest BCUT2D eigenvalue weighted by Gasteiger charge is 2.21. The van der Waals surface area contributed by atoms with Crippen LogP contribution in [0.5, 0.6) is 5.75 Å². The van der Waals surface area contributed by atoms with Gasteiger partial charge in [0.15, 0.2) is 6.10 Å². The molecule has 1 aromatic heterocycles. The van der Waals surface area contributed by atoms with E-state index in [9.17, 15) is 4.79 Å². The molecular weight excluding hydrogens is 388 g/mol. The highest BCUT2D eigenvalue weighted by atomic mass is 79.9. The average Bonchev–Trinajstić information content (AvgIpc) is 3.13. The number of esters is 1. The van der Waals surface area contributed by atoms with Gasteiger partial charge < -0.3 is 13.9 Å². The first kappa shape index (κ1) is 17.2. The summed E-state index contributed by atoms with van der Waals surface area (Å²) < 4.78 is 16.8. The highest BCUT2D eigenvalue weighted by Crippen LogP contribution is 2.26. The zero-order chi connectivity index (χ0) is 17.8. The Morgan fingerprint density at radius 1 is 1.16 bits per heavy atom. The number of ether oxygens (including phenoxy) is 2.